The van der Waals surface area contributed by atoms with Crippen molar-refractivity contribution in [3.8, 4) is 11.5 Å². The number of nitro groups is 1. The summed E-state index contributed by atoms with van der Waals surface area (Å²) in [5.41, 5.74) is -0.467. The van der Waals surface area contributed by atoms with Crippen LogP contribution in [0.1, 0.15) is 27.6 Å². The summed E-state index contributed by atoms with van der Waals surface area (Å²) in [6.45, 7) is 1.88. The molecule has 25 heavy (non-hydrogen) atoms. The standard InChI is InChI=1S/C17H15NO7/c1-3-24-16(19)11-5-4-6-13(9-11)25-17(20)14-10-12(23-2)7-8-15(14)18(21)22/h4-10H,3H2,1-2H3. The lowest BCUT2D eigenvalue weighted by molar-refractivity contribution is -0.385. The van der Waals surface area contributed by atoms with Crippen LogP contribution in [0.3, 0.4) is 0 Å². The highest BCUT2D eigenvalue weighted by atomic mass is 16.6. The Morgan fingerprint density at radius 3 is 2.48 bits per heavy atom. The third-order valence-corrected chi connectivity index (χ3v) is 3.18. The van der Waals surface area contributed by atoms with Crippen LogP contribution in [0.25, 0.3) is 0 Å². The summed E-state index contributed by atoms with van der Waals surface area (Å²) in [7, 11) is 1.37. The van der Waals surface area contributed by atoms with Gasteiger partial charge in [-0.05, 0) is 31.2 Å². The van der Waals surface area contributed by atoms with Crippen LogP contribution in [-0.2, 0) is 4.74 Å². The first-order chi connectivity index (χ1) is 12.0. The fourth-order valence-electron chi connectivity index (χ4n) is 2.03. The zero-order valence-electron chi connectivity index (χ0n) is 13.6. The minimum atomic E-state index is -0.938. The summed E-state index contributed by atoms with van der Waals surface area (Å²) in [5.74, 6) is -1.16. The van der Waals surface area contributed by atoms with E-state index in [4.69, 9.17) is 14.2 Å². The van der Waals surface area contributed by atoms with Gasteiger partial charge in [-0.2, -0.15) is 0 Å². The van der Waals surface area contributed by atoms with Gasteiger partial charge >= 0.3 is 11.9 Å². The summed E-state index contributed by atoms with van der Waals surface area (Å²) in [5, 5.41) is 11.1. The van der Waals surface area contributed by atoms with Gasteiger partial charge in [-0.3, -0.25) is 10.1 Å². The number of carbonyl (C=O) groups is 2. The van der Waals surface area contributed by atoms with Crippen LogP contribution >= 0.6 is 0 Å². The van der Waals surface area contributed by atoms with E-state index in [1.807, 2.05) is 0 Å². The predicted molar refractivity (Wildman–Crippen MR) is 87.0 cm³/mol. The zero-order chi connectivity index (χ0) is 18.4. The van der Waals surface area contributed by atoms with Crippen molar-refractivity contribution >= 4 is 17.6 Å². The van der Waals surface area contributed by atoms with Crippen molar-refractivity contribution in [1.29, 1.82) is 0 Å². The molecule has 0 saturated heterocycles. The molecule has 0 aliphatic carbocycles. The highest BCUT2D eigenvalue weighted by Gasteiger charge is 2.23. The van der Waals surface area contributed by atoms with Crippen LogP contribution < -0.4 is 9.47 Å². The van der Waals surface area contributed by atoms with Gasteiger partial charge in [0.1, 0.15) is 17.1 Å². The third kappa shape index (κ3) is 4.31. The van der Waals surface area contributed by atoms with E-state index in [0.717, 1.165) is 6.07 Å². The van der Waals surface area contributed by atoms with E-state index in [9.17, 15) is 19.7 Å². The average molecular weight is 345 g/mol. The first-order valence-electron chi connectivity index (χ1n) is 7.28. The van der Waals surface area contributed by atoms with E-state index in [2.05, 4.69) is 0 Å². The maximum Gasteiger partial charge on any atom is 0.350 e. The van der Waals surface area contributed by atoms with E-state index in [0.29, 0.717) is 0 Å². The summed E-state index contributed by atoms with van der Waals surface area (Å²) in [6.07, 6.45) is 0. The van der Waals surface area contributed by atoms with Crippen molar-refractivity contribution in [2.75, 3.05) is 13.7 Å². The summed E-state index contributed by atoms with van der Waals surface area (Å²) in [4.78, 5) is 34.4. The van der Waals surface area contributed by atoms with Crippen LogP contribution in [0.2, 0.25) is 0 Å². The van der Waals surface area contributed by atoms with Crippen molar-refractivity contribution in [3.05, 3.63) is 63.7 Å². The number of nitro benzene ring substituents is 1. The molecular formula is C17H15NO7. The predicted octanol–water partition coefficient (Wildman–Crippen LogP) is 3.00. The Labute approximate surface area is 143 Å². The highest BCUT2D eigenvalue weighted by molar-refractivity contribution is 5.96. The molecule has 0 radical (unpaired) electrons. The van der Waals surface area contributed by atoms with E-state index >= 15 is 0 Å². The number of benzene rings is 2. The number of ether oxygens (including phenoxy) is 3. The van der Waals surface area contributed by atoms with E-state index in [1.165, 1.54) is 43.5 Å². The molecule has 130 valence electrons. The lowest BCUT2D eigenvalue weighted by atomic mass is 10.1. The van der Waals surface area contributed by atoms with Crippen molar-refractivity contribution in [2.45, 2.75) is 6.92 Å². The molecule has 2 aromatic carbocycles. The number of carbonyl (C=O) groups excluding carboxylic acids is 2. The Kier molecular flexibility index (Phi) is 5.67. The van der Waals surface area contributed by atoms with Crippen LogP contribution in [0.4, 0.5) is 5.69 Å². The molecule has 0 amide bonds. The molecule has 0 aliphatic rings. The fraction of sp³-hybridized carbons (Fsp3) is 0.176. The molecule has 0 saturated carbocycles. The van der Waals surface area contributed by atoms with Crippen LogP contribution in [0.5, 0.6) is 11.5 Å². The second-order valence-corrected chi connectivity index (χ2v) is 4.78. The van der Waals surface area contributed by atoms with Gasteiger partial charge in [-0.25, -0.2) is 9.59 Å². The maximum atomic E-state index is 12.3. The molecular weight excluding hydrogens is 330 g/mol. The van der Waals surface area contributed by atoms with Crippen LogP contribution in [0, 0.1) is 10.1 Å². The Bertz CT molecular complexity index is 816. The maximum absolute atomic E-state index is 12.3. The monoisotopic (exact) mass is 345 g/mol. The Balaban J connectivity index is 2.29. The number of rotatable bonds is 6. The lowest BCUT2D eigenvalue weighted by Gasteiger charge is -2.08. The summed E-state index contributed by atoms with van der Waals surface area (Å²) < 4.78 is 15.0. The largest absolute Gasteiger partial charge is 0.497 e. The molecule has 8 nitrogen and oxygen atoms in total. The van der Waals surface area contributed by atoms with Gasteiger partial charge in [0.25, 0.3) is 5.69 Å². The molecule has 2 rings (SSSR count). The van der Waals surface area contributed by atoms with Gasteiger partial charge in [-0.1, -0.05) is 6.07 Å². The van der Waals surface area contributed by atoms with E-state index in [1.54, 1.807) is 6.92 Å². The Morgan fingerprint density at radius 2 is 1.84 bits per heavy atom. The Morgan fingerprint density at radius 1 is 1.08 bits per heavy atom. The Hall–Kier alpha value is -3.42. The molecule has 0 N–H and O–H groups in total. The third-order valence-electron chi connectivity index (χ3n) is 3.18. The van der Waals surface area contributed by atoms with E-state index < -0.39 is 22.5 Å². The minimum Gasteiger partial charge on any atom is -0.497 e. The van der Waals surface area contributed by atoms with Gasteiger partial charge in [0.05, 0.1) is 24.2 Å². The van der Waals surface area contributed by atoms with Gasteiger partial charge in [0.2, 0.25) is 0 Å². The molecule has 0 fully saturated rings. The number of nitrogens with zero attached hydrogens (tertiary/aromatic N) is 1. The second kappa shape index (κ2) is 7.91. The minimum absolute atomic E-state index is 0.0627. The van der Waals surface area contributed by atoms with Crippen molar-refractivity contribution in [1.82, 2.24) is 0 Å². The van der Waals surface area contributed by atoms with E-state index in [-0.39, 0.29) is 29.2 Å². The molecule has 0 atom stereocenters. The number of methoxy groups -OCH3 is 1. The summed E-state index contributed by atoms with van der Waals surface area (Å²) in [6, 6.07) is 9.53. The number of hydrogen-bond donors (Lipinski definition) is 0. The molecule has 0 aromatic heterocycles. The SMILES string of the molecule is CCOC(=O)c1cccc(OC(=O)c2cc(OC)ccc2[N+](=O)[O-])c1. The fourth-order valence-corrected chi connectivity index (χ4v) is 2.03. The lowest BCUT2D eigenvalue weighted by Crippen LogP contribution is -2.12. The highest BCUT2D eigenvalue weighted by Crippen LogP contribution is 2.26. The molecule has 2 aromatic rings. The van der Waals surface area contributed by atoms with Gasteiger partial charge in [0.15, 0.2) is 0 Å². The van der Waals surface area contributed by atoms with Gasteiger partial charge in [-0.15, -0.1) is 0 Å². The quantitative estimate of drug-likeness (QED) is 0.343. The molecule has 0 unspecified atom stereocenters. The second-order valence-electron chi connectivity index (χ2n) is 4.78. The van der Waals surface area contributed by atoms with Crippen molar-refractivity contribution in [2.24, 2.45) is 0 Å². The molecule has 0 bridgehead atoms. The zero-order valence-corrected chi connectivity index (χ0v) is 13.6. The first kappa shape index (κ1) is 17.9. The normalized spacial score (nSPS) is 10.0. The number of esters is 2. The van der Waals surface area contributed by atoms with Crippen molar-refractivity contribution < 1.29 is 28.7 Å². The summed E-state index contributed by atoms with van der Waals surface area (Å²) >= 11 is 0. The van der Waals surface area contributed by atoms with Crippen LogP contribution in [-0.4, -0.2) is 30.6 Å². The smallest absolute Gasteiger partial charge is 0.350 e. The average Bonchev–Trinajstić information content (AvgIpc) is 2.61. The molecule has 0 aliphatic heterocycles. The number of hydrogen-bond acceptors (Lipinski definition) is 7. The van der Waals surface area contributed by atoms with Gasteiger partial charge in [0, 0.05) is 12.1 Å². The van der Waals surface area contributed by atoms with Gasteiger partial charge < -0.3 is 14.2 Å². The first-order valence-corrected chi connectivity index (χ1v) is 7.28. The van der Waals surface area contributed by atoms with Crippen molar-refractivity contribution in [3.63, 3.8) is 0 Å². The van der Waals surface area contributed by atoms with Crippen LogP contribution in [0.15, 0.2) is 42.5 Å². The molecule has 0 heterocycles. The molecule has 0 spiro atoms. The molecule has 8 heteroatoms. The topological polar surface area (TPSA) is 105 Å².